The largest absolute Gasteiger partial charge is 0.495 e. The lowest BCUT2D eigenvalue weighted by Gasteiger charge is -2.16. The molecule has 1 atom stereocenters. The van der Waals surface area contributed by atoms with Crippen LogP contribution in [-0.2, 0) is 14.8 Å². The first-order valence-electron chi connectivity index (χ1n) is 9.32. The van der Waals surface area contributed by atoms with E-state index in [0.29, 0.717) is 19.6 Å². The molecular formula is C21H28N2O5S. The second-order valence-corrected chi connectivity index (χ2v) is 8.81. The van der Waals surface area contributed by atoms with Crippen molar-refractivity contribution < 1.29 is 22.7 Å². The van der Waals surface area contributed by atoms with Crippen molar-refractivity contribution in [2.24, 2.45) is 0 Å². The molecule has 0 saturated carbocycles. The molecule has 8 heteroatoms. The fourth-order valence-corrected chi connectivity index (χ4v) is 3.75. The minimum Gasteiger partial charge on any atom is -0.495 e. The van der Waals surface area contributed by atoms with Gasteiger partial charge in [-0.25, -0.2) is 12.7 Å². The van der Waals surface area contributed by atoms with E-state index in [-0.39, 0.29) is 28.2 Å². The van der Waals surface area contributed by atoms with Crippen molar-refractivity contribution in [2.75, 3.05) is 34.4 Å². The van der Waals surface area contributed by atoms with Crippen LogP contribution in [0.2, 0.25) is 0 Å². The number of nitrogens with one attached hydrogen (secondary N) is 1. The lowest BCUT2D eigenvalue weighted by atomic mass is 10.1. The average Bonchev–Trinajstić information content (AvgIpc) is 2.73. The molecule has 0 aromatic heterocycles. The number of rotatable bonds is 10. The van der Waals surface area contributed by atoms with E-state index >= 15 is 0 Å². The molecule has 158 valence electrons. The lowest BCUT2D eigenvalue weighted by molar-refractivity contribution is 0.0635. The molecule has 2 rings (SSSR count). The van der Waals surface area contributed by atoms with Crippen LogP contribution in [0.5, 0.6) is 5.75 Å². The van der Waals surface area contributed by atoms with Crippen molar-refractivity contribution in [1.29, 1.82) is 0 Å². The van der Waals surface area contributed by atoms with Crippen molar-refractivity contribution in [3.05, 3.63) is 59.7 Å². The highest BCUT2D eigenvalue weighted by atomic mass is 32.2. The second-order valence-electron chi connectivity index (χ2n) is 6.69. The summed E-state index contributed by atoms with van der Waals surface area (Å²) < 4.78 is 36.9. The molecule has 29 heavy (non-hydrogen) atoms. The number of methoxy groups -OCH3 is 1. The van der Waals surface area contributed by atoms with Gasteiger partial charge in [0.05, 0.1) is 13.2 Å². The molecule has 2 aromatic carbocycles. The molecule has 1 unspecified atom stereocenters. The van der Waals surface area contributed by atoms with Crippen LogP contribution in [0.1, 0.15) is 35.4 Å². The monoisotopic (exact) mass is 420 g/mol. The van der Waals surface area contributed by atoms with Crippen LogP contribution in [0, 0.1) is 0 Å². The summed E-state index contributed by atoms with van der Waals surface area (Å²) in [4.78, 5) is 12.4. The predicted octanol–water partition coefficient (Wildman–Crippen LogP) is 2.84. The van der Waals surface area contributed by atoms with Crippen LogP contribution in [0.15, 0.2) is 53.4 Å². The molecule has 0 aliphatic carbocycles. The van der Waals surface area contributed by atoms with Gasteiger partial charge in [-0.2, -0.15) is 0 Å². The van der Waals surface area contributed by atoms with E-state index in [1.165, 1.54) is 39.4 Å². The average molecular weight is 421 g/mol. The van der Waals surface area contributed by atoms with Gasteiger partial charge in [0.15, 0.2) is 0 Å². The molecule has 1 amide bonds. The third-order valence-corrected chi connectivity index (χ3v) is 6.26. The number of hydrogen-bond acceptors (Lipinski definition) is 5. The van der Waals surface area contributed by atoms with E-state index in [2.05, 4.69) is 5.32 Å². The van der Waals surface area contributed by atoms with Gasteiger partial charge >= 0.3 is 0 Å². The zero-order chi connectivity index (χ0) is 21.4. The van der Waals surface area contributed by atoms with Gasteiger partial charge in [-0.3, -0.25) is 4.79 Å². The van der Waals surface area contributed by atoms with E-state index in [9.17, 15) is 13.2 Å². The Morgan fingerprint density at radius 3 is 2.45 bits per heavy atom. The standard InChI is InChI=1S/C21H28N2O5S/c1-16(17-9-6-5-7-10-17)28-14-8-13-22-21(24)18-11-12-19(27-4)20(15-18)29(25,26)23(2)3/h5-7,9-12,15-16H,8,13-14H2,1-4H3,(H,22,24). The molecule has 0 radical (unpaired) electrons. The van der Waals surface area contributed by atoms with Crippen LogP contribution in [0.3, 0.4) is 0 Å². The number of sulfonamides is 1. The van der Waals surface area contributed by atoms with Crippen LogP contribution >= 0.6 is 0 Å². The van der Waals surface area contributed by atoms with Crippen LogP contribution in [-0.4, -0.2) is 53.0 Å². The highest BCUT2D eigenvalue weighted by Crippen LogP contribution is 2.26. The number of carbonyl (C=O) groups is 1. The zero-order valence-electron chi connectivity index (χ0n) is 17.2. The predicted molar refractivity (Wildman–Crippen MR) is 112 cm³/mol. The highest BCUT2D eigenvalue weighted by Gasteiger charge is 2.23. The van der Waals surface area contributed by atoms with E-state index < -0.39 is 10.0 Å². The summed E-state index contributed by atoms with van der Waals surface area (Å²) in [6, 6.07) is 14.3. The molecule has 1 N–H and O–H groups in total. The van der Waals surface area contributed by atoms with Crippen LogP contribution in [0.4, 0.5) is 0 Å². The molecule has 0 fully saturated rings. The van der Waals surface area contributed by atoms with Gasteiger partial charge in [-0.05, 0) is 37.1 Å². The van der Waals surface area contributed by atoms with Crippen molar-refractivity contribution in [1.82, 2.24) is 9.62 Å². The Morgan fingerprint density at radius 2 is 1.83 bits per heavy atom. The number of benzene rings is 2. The van der Waals surface area contributed by atoms with Gasteiger partial charge in [0.2, 0.25) is 10.0 Å². The van der Waals surface area contributed by atoms with Gasteiger partial charge in [-0.15, -0.1) is 0 Å². The maximum Gasteiger partial charge on any atom is 0.251 e. The molecule has 0 spiro atoms. The molecule has 2 aromatic rings. The summed E-state index contributed by atoms with van der Waals surface area (Å²) in [6.07, 6.45) is 0.620. The molecule has 0 saturated heterocycles. The molecule has 0 bridgehead atoms. The lowest BCUT2D eigenvalue weighted by Crippen LogP contribution is -2.27. The summed E-state index contributed by atoms with van der Waals surface area (Å²) in [5.41, 5.74) is 1.36. The maximum absolute atomic E-state index is 12.5. The van der Waals surface area contributed by atoms with Crippen LogP contribution in [0.25, 0.3) is 0 Å². The molecule has 0 aliphatic rings. The zero-order valence-corrected chi connectivity index (χ0v) is 18.0. The molecule has 0 heterocycles. The number of hydrogen-bond donors (Lipinski definition) is 1. The Morgan fingerprint density at radius 1 is 1.14 bits per heavy atom. The summed E-state index contributed by atoms with van der Waals surface area (Å²) >= 11 is 0. The van der Waals surface area contributed by atoms with Gasteiger partial charge in [-0.1, -0.05) is 30.3 Å². The van der Waals surface area contributed by atoms with Crippen molar-refractivity contribution in [2.45, 2.75) is 24.3 Å². The number of nitrogens with zero attached hydrogens (tertiary/aromatic N) is 1. The Hall–Kier alpha value is -2.42. The summed E-state index contributed by atoms with van der Waals surface area (Å²) in [6.45, 7) is 2.90. The van der Waals surface area contributed by atoms with Gasteiger partial charge in [0, 0.05) is 32.8 Å². The van der Waals surface area contributed by atoms with Gasteiger partial charge < -0.3 is 14.8 Å². The third kappa shape index (κ3) is 6.03. The van der Waals surface area contributed by atoms with Crippen molar-refractivity contribution >= 4 is 15.9 Å². The Bertz CT molecular complexity index is 914. The number of carbonyl (C=O) groups excluding carboxylic acids is 1. The fraction of sp³-hybridized carbons (Fsp3) is 0.381. The highest BCUT2D eigenvalue weighted by molar-refractivity contribution is 7.89. The SMILES string of the molecule is COc1ccc(C(=O)NCCCOC(C)c2ccccc2)cc1S(=O)(=O)N(C)C. The smallest absolute Gasteiger partial charge is 0.251 e. The summed E-state index contributed by atoms with van der Waals surface area (Å²) in [7, 11) is 0.514. The second kappa shape index (κ2) is 10.4. The van der Waals surface area contributed by atoms with Gasteiger partial charge in [0.1, 0.15) is 10.6 Å². The summed E-state index contributed by atoms with van der Waals surface area (Å²) in [5.74, 6) is -0.155. The van der Waals surface area contributed by atoms with Crippen molar-refractivity contribution in [3.8, 4) is 5.75 Å². The minimum absolute atomic E-state index is 0.0210. The van der Waals surface area contributed by atoms with E-state index in [1.807, 2.05) is 37.3 Å². The molecule has 0 aliphatic heterocycles. The molecule has 7 nitrogen and oxygen atoms in total. The number of amides is 1. The molecular weight excluding hydrogens is 392 g/mol. The van der Waals surface area contributed by atoms with Crippen molar-refractivity contribution in [3.63, 3.8) is 0 Å². The van der Waals surface area contributed by atoms with Crippen LogP contribution < -0.4 is 10.1 Å². The first-order chi connectivity index (χ1) is 13.8. The van der Waals surface area contributed by atoms with Gasteiger partial charge in [0.25, 0.3) is 5.91 Å². The van der Waals surface area contributed by atoms with E-state index in [4.69, 9.17) is 9.47 Å². The maximum atomic E-state index is 12.5. The fourth-order valence-electron chi connectivity index (χ4n) is 2.67. The quantitative estimate of drug-likeness (QED) is 0.598. The third-order valence-electron chi connectivity index (χ3n) is 4.43. The first kappa shape index (κ1) is 22.9. The first-order valence-corrected chi connectivity index (χ1v) is 10.8. The Kier molecular flexibility index (Phi) is 8.19. The number of ether oxygens (including phenoxy) is 2. The normalized spacial score (nSPS) is 12.6. The van der Waals surface area contributed by atoms with E-state index in [1.54, 1.807) is 0 Å². The Labute approximate surface area is 172 Å². The minimum atomic E-state index is -3.73. The van der Waals surface area contributed by atoms with E-state index in [0.717, 1.165) is 9.87 Å². The topological polar surface area (TPSA) is 84.9 Å². The Balaban J connectivity index is 1.91. The summed E-state index contributed by atoms with van der Waals surface area (Å²) in [5, 5.41) is 2.79.